The minimum Gasteiger partial charge on any atom is -0.505 e. The molecule has 7 nitrogen and oxygen atoms in total. The number of phenols is 1. The second-order valence-corrected chi connectivity index (χ2v) is 5.76. The number of pyridine rings is 1. The Bertz CT molecular complexity index is 769. The zero-order valence-corrected chi connectivity index (χ0v) is 12.5. The van der Waals surface area contributed by atoms with Crippen molar-refractivity contribution in [3.8, 4) is 5.75 Å². The molecule has 0 radical (unpaired) electrons. The van der Waals surface area contributed by atoms with E-state index in [4.69, 9.17) is 0 Å². The summed E-state index contributed by atoms with van der Waals surface area (Å²) in [7, 11) is 0. The molecule has 23 heavy (non-hydrogen) atoms. The number of hydrogen-bond donors (Lipinski definition) is 2. The van der Waals surface area contributed by atoms with E-state index in [0.717, 1.165) is 38.2 Å². The van der Waals surface area contributed by atoms with Gasteiger partial charge in [-0.3, -0.25) is 19.9 Å². The molecule has 1 aliphatic carbocycles. The van der Waals surface area contributed by atoms with Gasteiger partial charge in [0.1, 0.15) is 5.52 Å². The molecule has 7 heteroatoms. The number of aromatic hydroxyl groups is 1. The number of amides is 1. The number of carbonyl (C=O) groups excluding carboxylic acids is 1. The van der Waals surface area contributed by atoms with E-state index in [2.05, 4.69) is 10.3 Å². The summed E-state index contributed by atoms with van der Waals surface area (Å²) in [5.41, 5.74) is -0.274. The van der Waals surface area contributed by atoms with Crippen LogP contribution in [0.5, 0.6) is 5.75 Å². The number of nitrogens with zero attached hydrogens (tertiary/aromatic N) is 2. The third-order valence-electron chi connectivity index (χ3n) is 4.23. The molecular weight excluding hydrogens is 298 g/mol. The third kappa shape index (κ3) is 2.94. The molecule has 0 unspecified atom stereocenters. The van der Waals surface area contributed by atoms with Crippen LogP contribution in [-0.4, -0.2) is 27.0 Å². The van der Waals surface area contributed by atoms with Gasteiger partial charge in [0.2, 0.25) is 0 Å². The lowest BCUT2D eigenvalue weighted by Gasteiger charge is -2.23. The van der Waals surface area contributed by atoms with Crippen LogP contribution in [0.2, 0.25) is 0 Å². The van der Waals surface area contributed by atoms with Gasteiger partial charge in [0, 0.05) is 18.3 Å². The Morgan fingerprint density at radius 1 is 1.35 bits per heavy atom. The van der Waals surface area contributed by atoms with Gasteiger partial charge in [-0.15, -0.1) is 0 Å². The van der Waals surface area contributed by atoms with Gasteiger partial charge in [-0.1, -0.05) is 19.3 Å². The average Bonchev–Trinajstić information content (AvgIpc) is 2.56. The molecule has 2 aromatic rings. The highest BCUT2D eigenvalue weighted by molar-refractivity contribution is 6.05. The molecule has 1 aliphatic rings. The minimum atomic E-state index is -0.569. The number of rotatable bonds is 3. The van der Waals surface area contributed by atoms with E-state index < -0.39 is 10.8 Å². The Labute approximate surface area is 132 Å². The summed E-state index contributed by atoms with van der Waals surface area (Å²) in [5.74, 6) is -0.815. The molecule has 2 N–H and O–H groups in total. The van der Waals surface area contributed by atoms with Crippen LogP contribution in [-0.2, 0) is 0 Å². The molecular formula is C16H17N3O4. The highest BCUT2D eigenvalue weighted by atomic mass is 16.6. The predicted molar refractivity (Wildman–Crippen MR) is 84.4 cm³/mol. The van der Waals surface area contributed by atoms with E-state index in [1.54, 1.807) is 6.07 Å². The molecule has 3 rings (SSSR count). The molecule has 1 fully saturated rings. The van der Waals surface area contributed by atoms with Gasteiger partial charge in [0.25, 0.3) is 11.6 Å². The molecule has 1 heterocycles. The van der Waals surface area contributed by atoms with E-state index in [1.807, 2.05) is 0 Å². The first-order chi connectivity index (χ1) is 11.1. The van der Waals surface area contributed by atoms with Crippen molar-refractivity contribution >= 4 is 22.5 Å². The highest BCUT2D eigenvalue weighted by Crippen LogP contribution is 2.34. The first-order valence-electron chi connectivity index (χ1n) is 7.64. The normalized spacial score (nSPS) is 15.5. The molecule has 0 atom stereocenters. The Kier molecular flexibility index (Phi) is 4.10. The number of fused-ring (bicyclic) bond motifs is 1. The Morgan fingerprint density at radius 2 is 2.09 bits per heavy atom. The van der Waals surface area contributed by atoms with Crippen LogP contribution in [0.1, 0.15) is 42.5 Å². The lowest BCUT2D eigenvalue weighted by Crippen LogP contribution is -2.36. The summed E-state index contributed by atoms with van der Waals surface area (Å²) >= 11 is 0. The van der Waals surface area contributed by atoms with E-state index in [-0.39, 0.29) is 33.9 Å². The van der Waals surface area contributed by atoms with Gasteiger partial charge < -0.3 is 10.4 Å². The maximum atomic E-state index is 12.4. The summed E-state index contributed by atoms with van der Waals surface area (Å²) in [4.78, 5) is 27.1. The predicted octanol–water partition coefficient (Wildman–Crippen LogP) is 2.91. The van der Waals surface area contributed by atoms with Crippen LogP contribution in [0.25, 0.3) is 10.9 Å². The number of phenolic OH excluding ortho intramolecular Hbond substituents is 1. The van der Waals surface area contributed by atoms with Gasteiger partial charge >= 0.3 is 0 Å². The van der Waals surface area contributed by atoms with E-state index in [9.17, 15) is 20.0 Å². The molecule has 0 aliphatic heterocycles. The van der Waals surface area contributed by atoms with E-state index in [0.29, 0.717) is 0 Å². The molecule has 0 bridgehead atoms. The highest BCUT2D eigenvalue weighted by Gasteiger charge is 2.25. The van der Waals surface area contributed by atoms with Crippen molar-refractivity contribution in [2.45, 2.75) is 38.1 Å². The standard InChI is InChI=1S/C16H17N3O4/c20-15-12(16(21)18-10-5-2-1-3-6-10)9-13(19(22)23)11-7-4-8-17-14(11)15/h4,7-10,20H,1-3,5-6H2,(H,18,21). The molecule has 1 aromatic heterocycles. The monoisotopic (exact) mass is 315 g/mol. The minimum absolute atomic E-state index is 0.0501. The van der Waals surface area contributed by atoms with Crippen molar-refractivity contribution in [3.63, 3.8) is 0 Å². The van der Waals surface area contributed by atoms with Crippen LogP contribution in [0.4, 0.5) is 5.69 Å². The van der Waals surface area contributed by atoms with Gasteiger partial charge in [-0.05, 0) is 25.0 Å². The third-order valence-corrected chi connectivity index (χ3v) is 4.23. The SMILES string of the molecule is O=C(NC1CCCCC1)c1cc([N+](=O)[O-])c2cccnc2c1O. The Balaban J connectivity index is 2.01. The number of benzene rings is 1. The number of nitro benzene ring substituents is 1. The topological polar surface area (TPSA) is 105 Å². The van der Waals surface area contributed by atoms with Crippen molar-refractivity contribution in [2.24, 2.45) is 0 Å². The maximum absolute atomic E-state index is 12.4. The van der Waals surface area contributed by atoms with Crippen LogP contribution in [0.15, 0.2) is 24.4 Å². The van der Waals surface area contributed by atoms with Crippen molar-refractivity contribution in [2.75, 3.05) is 0 Å². The van der Waals surface area contributed by atoms with Gasteiger partial charge in [-0.2, -0.15) is 0 Å². The fourth-order valence-electron chi connectivity index (χ4n) is 3.05. The average molecular weight is 315 g/mol. The fourth-order valence-corrected chi connectivity index (χ4v) is 3.05. The summed E-state index contributed by atoms with van der Waals surface area (Å²) in [6.07, 6.45) is 6.46. The number of non-ortho nitro benzene ring substituents is 1. The van der Waals surface area contributed by atoms with Crippen LogP contribution < -0.4 is 5.32 Å². The second kappa shape index (κ2) is 6.20. The first kappa shape index (κ1) is 15.2. The molecule has 120 valence electrons. The maximum Gasteiger partial charge on any atom is 0.279 e. The van der Waals surface area contributed by atoms with E-state index in [1.165, 1.54) is 12.3 Å². The molecule has 0 spiro atoms. The number of carbonyl (C=O) groups is 1. The van der Waals surface area contributed by atoms with Gasteiger partial charge in [-0.25, -0.2) is 0 Å². The van der Waals surface area contributed by atoms with Crippen LogP contribution >= 0.6 is 0 Å². The molecule has 1 saturated carbocycles. The number of aromatic nitrogens is 1. The zero-order valence-electron chi connectivity index (χ0n) is 12.5. The lowest BCUT2D eigenvalue weighted by molar-refractivity contribution is -0.383. The zero-order chi connectivity index (χ0) is 16.4. The van der Waals surface area contributed by atoms with Gasteiger partial charge in [0.05, 0.1) is 15.9 Å². The van der Waals surface area contributed by atoms with E-state index >= 15 is 0 Å². The summed E-state index contributed by atoms with van der Waals surface area (Å²) in [6.45, 7) is 0. The van der Waals surface area contributed by atoms with Crippen molar-refractivity contribution in [1.82, 2.24) is 10.3 Å². The van der Waals surface area contributed by atoms with Crippen molar-refractivity contribution < 1.29 is 14.8 Å². The Hall–Kier alpha value is -2.70. The summed E-state index contributed by atoms with van der Waals surface area (Å²) in [6, 6.07) is 4.23. The summed E-state index contributed by atoms with van der Waals surface area (Å²) in [5, 5.41) is 24.6. The van der Waals surface area contributed by atoms with Crippen LogP contribution in [0.3, 0.4) is 0 Å². The van der Waals surface area contributed by atoms with Crippen molar-refractivity contribution in [1.29, 1.82) is 0 Å². The molecule has 1 amide bonds. The molecule has 0 saturated heterocycles. The number of hydrogen-bond acceptors (Lipinski definition) is 5. The van der Waals surface area contributed by atoms with Gasteiger partial charge in [0.15, 0.2) is 5.75 Å². The smallest absolute Gasteiger partial charge is 0.279 e. The van der Waals surface area contributed by atoms with Crippen molar-refractivity contribution in [3.05, 3.63) is 40.1 Å². The number of nitro groups is 1. The summed E-state index contributed by atoms with van der Waals surface area (Å²) < 4.78 is 0. The van der Waals surface area contributed by atoms with Crippen LogP contribution in [0, 0.1) is 10.1 Å². The lowest BCUT2D eigenvalue weighted by atomic mass is 9.95. The number of nitrogens with one attached hydrogen (secondary N) is 1. The fraction of sp³-hybridized carbons (Fsp3) is 0.375. The Morgan fingerprint density at radius 3 is 2.78 bits per heavy atom. The largest absolute Gasteiger partial charge is 0.505 e. The first-order valence-corrected chi connectivity index (χ1v) is 7.64. The second-order valence-electron chi connectivity index (χ2n) is 5.76. The quantitative estimate of drug-likeness (QED) is 0.669. The molecule has 1 aromatic carbocycles.